The number of thioether (sulfide) groups is 1. The molecule has 0 aliphatic rings. The molecule has 2 aromatic heterocycles. The van der Waals surface area contributed by atoms with Crippen molar-refractivity contribution >= 4 is 28.9 Å². The van der Waals surface area contributed by atoms with Crippen molar-refractivity contribution in [2.24, 2.45) is 7.05 Å². The zero-order valence-electron chi connectivity index (χ0n) is 11.6. The lowest BCUT2D eigenvalue weighted by atomic mass is 10.2. The number of thiazole rings is 1. The third kappa shape index (κ3) is 3.02. The SMILES string of the molecule is C[n+]1noc([O-])c1C(=O)CSc1nc(-c2ccccc2)cs1. The first-order valence-corrected chi connectivity index (χ1v) is 8.21. The van der Waals surface area contributed by atoms with E-state index < -0.39 is 5.95 Å². The van der Waals surface area contributed by atoms with Gasteiger partial charge >= 0.3 is 0 Å². The fourth-order valence-corrected chi connectivity index (χ4v) is 3.57. The lowest BCUT2D eigenvalue weighted by molar-refractivity contribution is -0.741. The van der Waals surface area contributed by atoms with Crippen LogP contribution in [0.5, 0.6) is 5.95 Å². The van der Waals surface area contributed by atoms with E-state index in [0.29, 0.717) is 0 Å². The predicted molar refractivity (Wildman–Crippen MR) is 79.7 cm³/mol. The van der Waals surface area contributed by atoms with Crippen LogP contribution in [0.2, 0.25) is 0 Å². The van der Waals surface area contributed by atoms with E-state index in [1.807, 2.05) is 35.7 Å². The predicted octanol–water partition coefficient (Wildman–Crippen LogP) is 1.67. The summed E-state index contributed by atoms with van der Waals surface area (Å²) >= 11 is 2.76. The highest BCUT2D eigenvalue weighted by molar-refractivity contribution is 8.01. The molecule has 0 bridgehead atoms. The largest absolute Gasteiger partial charge is 0.539 e. The molecule has 3 rings (SSSR count). The van der Waals surface area contributed by atoms with Crippen molar-refractivity contribution in [1.82, 2.24) is 10.3 Å². The van der Waals surface area contributed by atoms with Gasteiger partial charge in [-0.15, -0.1) is 11.3 Å². The van der Waals surface area contributed by atoms with Crippen LogP contribution in [0.4, 0.5) is 0 Å². The normalized spacial score (nSPS) is 10.8. The Kier molecular flexibility index (Phi) is 4.21. The number of aromatic nitrogens is 3. The Balaban J connectivity index is 1.68. The molecule has 1 aromatic carbocycles. The van der Waals surface area contributed by atoms with Gasteiger partial charge in [-0.2, -0.15) is 0 Å². The molecule has 22 heavy (non-hydrogen) atoms. The molecule has 112 valence electrons. The number of Topliss-reactive ketones (excluding diaryl/α,β-unsaturated/α-hetero) is 1. The molecule has 0 N–H and O–H groups in total. The van der Waals surface area contributed by atoms with Gasteiger partial charge in [0.1, 0.15) is 0 Å². The molecule has 0 fully saturated rings. The number of ketones is 1. The summed E-state index contributed by atoms with van der Waals surface area (Å²) < 4.78 is 6.38. The van der Waals surface area contributed by atoms with Crippen LogP contribution in [0.25, 0.3) is 11.3 Å². The van der Waals surface area contributed by atoms with Crippen LogP contribution in [0, 0.1) is 0 Å². The Morgan fingerprint density at radius 3 is 2.86 bits per heavy atom. The number of hydrogen-bond acceptors (Lipinski definition) is 7. The summed E-state index contributed by atoms with van der Waals surface area (Å²) in [4.78, 5) is 16.5. The van der Waals surface area contributed by atoms with Crippen LogP contribution in [0.1, 0.15) is 10.5 Å². The molecule has 0 spiro atoms. The zero-order chi connectivity index (χ0) is 15.5. The quantitative estimate of drug-likeness (QED) is 0.401. The Morgan fingerprint density at radius 1 is 1.41 bits per heavy atom. The molecule has 6 nitrogen and oxygen atoms in total. The zero-order valence-corrected chi connectivity index (χ0v) is 13.2. The summed E-state index contributed by atoms with van der Waals surface area (Å²) in [5.41, 5.74) is 1.86. The van der Waals surface area contributed by atoms with E-state index >= 15 is 0 Å². The highest BCUT2D eigenvalue weighted by Gasteiger charge is 2.23. The molecule has 8 heteroatoms. The van der Waals surface area contributed by atoms with Gasteiger partial charge in [0.15, 0.2) is 17.3 Å². The van der Waals surface area contributed by atoms with E-state index in [1.54, 1.807) is 0 Å². The molecule has 0 saturated heterocycles. The van der Waals surface area contributed by atoms with E-state index in [4.69, 9.17) is 0 Å². The van der Waals surface area contributed by atoms with Crippen LogP contribution in [-0.2, 0) is 7.05 Å². The van der Waals surface area contributed by atoms with Gasteiger partial charge in [0.2, 0.25) is 5.78 Å². The van der Waals surface area contributed by atoms with Crippen molar-refractivity contribution in [3.63, 3.8) is 0 Å². The first kappa shape index (κ1) is 14.7. The third-order valence-electron chi connectivity index (χ3n) is 2.91. The summed E-state index contributed by atoms with van der Waals surface area (Å²) in [6.45, 7) is 0. The average molecular weight is 333 g/mol. The maximum absolute atomic E-state index is 12.0. The van der Waals surface area contributed by atoms with Crippen molar-refractivity contribution < 1.29 is 19.1 Å². The number of hydrogen-bond donors (Lipinski definition) is 0. The summed E-state index contributed by atoms with van der Waals surface area (Å²) in [7, 11) is 1.50. The number of rotatable bonds is 5. The first-order valence-electron chi connectivity index (χ1n) is 6.35. The van der Waals surface area contributed by atoms with E-state index in [0.717, 1.165) is 20.3 Å². The minimum absolute atomic E-state index is 0.0488. The highest BCUT2D eigenvalue weighted by Crippen LogP contribution is 2.28. The van der Waals surface area contributed by atoms with E-state index in [1.165, 1.54) is 30.1 Å². The van der Waals surface area contributed by atoms with Crippen molar-refractivity contribution in [2.45, 2.75) is 4.34 Å². The second-order valence-electron chi connectivity index (χ2n) is 4.41. The van der Waals surface area contributed by atoms with Gasteiger partial charge in [-0.3, -0.25) is 4.79 Å². The second kappa shape index (κ2) is 6.29. The molecular formula is C14H11N3O3S2. The number of aryl methyl sites for hydroxylation is 1. The summed E-state index contributed by atoms with van der Waals surface area (Å²) in [5, 5.41) is 16.8. The van der Waals surface area contributed by atoms with Gasteiger partial charge in [0.25, 0.3) is 5.69 Å². The summed E-state index contributed by atoms with van der Waals surface area (Å²) in [6.07, 6.45) is 0. The van der Waals surface area contributed by atoms with E-state index in [-0.39, 0.29) is 17.2 Å². The van der Waals surface area contributed by atoms with Crippen LogP contribution in [0.3, 0.4) is 0 Å². The van der Waals surface area contributed by atoms with Gasteiger partial charge < -0.3 is 9.63 Å². The van der Waals surface area contributed by atoms with Gasteiger partial charge in [-0.05, 0) is 0 Å². The number of carbonyl (C=O) groups excluding carboxylic acids is 1. The Labute approximate surface area is 134 Å². The van der Waals surface area contributed by atoms with Crippen molar-refractivity contribution in [3.8, 4) is 17.2 Å². The van der Waals surface area contributed by atoms with Gasteiger partial charge in [-0.1, -0.05) is 46.8 Å². The molecule has 0 amide bonds. The minimum Gasteiger partial charge on any atom is -0.539 e. The lowest BCUT2D eigenvalue weighted by Gasteiger charge is -1.96. The van der Waals surface area contributed by atoms with E-state index in [9.17, 15) is 9.90 Å². The van der Waals surface area contributed by atoms with Crippen LogP contribution in [-0.4, -0.2) is 21.8 Å². The standard InChI is InChI=1S/C14H11N3O3S2/c1-17-12(13(19)20-16-17)11(18)8-22-14-15-10(7-21-14)9-5-3-2-4-6-9/h2-7H,8H2,1H3. The number of nitrogens with zero attached hydrogens (tertiary/aromatic N) is 3. The fraction of sp³-hybridized carbons (Fsp3) is 0.143. The smallest absolute Gasteiger partial charge is 0.300 e. The molecule has 0 saturated carbocycles. The maximum atomic E-state index is 12.0. The van der Waals surface area contributed by atoms with Crippen LogP contribution >= 0.6 is 23.1 Å². The molecule has 0 atom stereocenters. The summed E-state index contributed by atoms with van der Waals surface area (Å²) in [6, 6.07) is 9.81. The molecule has 0 radical (unpaired) electrons. The van der Waals surface area contributed by atoms with Crippen LogP contribution in [0.15, 0.2) is 44.6 Å². The third-order valence-corrected chi connectivity index (χ3v) is 4.93. The van der Waals surface area contributed by atoms with Crippen molar-refractivity contribution in [3.05, 3.63) is 41.4 Å². The summed E-state index contributed by atoms with van der Waals surface area (Å²) in [5.74, 6) is -0.918. The topological polar surface area (TPSA) is 82.9 Å². The van der Waals surface area contributed by atoms with Gasteiger partial charge in [0.05, 0.1) is 16.7 Å². The first-order chi connectivity index (χ1) is 10.6. The molecule has 0 aliphatic heterocycles. The highest BCUT2D eigenvalue weighted by atomic mass is 32.2. The molecule has 2 heterocycles. The number of carbonyl (C=O) groups is 1. The minimum atomic E-state index is -0.711. The van der Waals surface area contributed by atoms with Gasteiger partial charge in [-0.25, -0.2) is 4.98 Å². The molecular weight excluding hydrogens is 322 g/mol. The lowest BCUT2D eigenvalue weighted by Crippen LogP contribution is -2.37. The average Bonchev–Trinajstić information content (AvgIpc) is 3.13. The van der Waals surface area contributed by atoms with Crippen LogP contribution < -0.4 is 9.79 Å². The number of benzene rings is 1. The second-order valence-corrected chi connectivity index (χ2v) is 6.49. The monoisotopic (exact) mass is 333 g/mol. The van der Waals surface area contributed by atoms with Crippen molar-refractivity contribution in [2.75, 3.05) is 5.75 Å². The fourth-order valence-electron chi connectivity index (χ4n) is 1.87. The Bertz CT molecular complexity index is 779. The Hall–Kier alpha value is -2.19. The van der Waals surface area contributed by atoms with E-state index in [2.05, 4.69) is 14.8 Å². The Morgan fingerprint density at radius 2 is 2.18 bits per heavy atom. The van der Waals surface area contributed by atoms with Gasteiger partial charge in [0, 0.05) is 10.9 Å². The molecule has 0 aliphatic carbocycles. The molecule has 0 unspecified atom stereocenters. The molecule has 3 aromatic rings. The van der Waals surface area contributed by atoms with Crippen molar-refractivity contribution in [1.29, 1.82) is 0 Å². The maximum Gasteiger partial charge on any atom is 0.300 e.